The van der Waals surface area contributed by atoms with Gasteiger partial charge < -0.3 is 4.42 Å². The molecule has 2 heterocycles. The van der Waals surface area contributed by atoms with Crippen LogP contribution >= 0.6 is 27.3 Å². The third-order valence-electron chi connectivity index (χ3n) is 3.25. The fraction of sp³-hybridized carbons (Fsp3) is 0. The molecule has 6 heteroatoms. The summed E-state index contributed by atoms with van der Waals surface area (Å²) in [6, 6.07) is 15.1. The summed E-state index contributed by atoms with van der Waals surface area (Å²) in [5.74, 6) is -0.0386. The van der Waals surface area contributed by atoms with Gasteiger partial charge in [0, 0.05) is 9.86 Å². The van der Waals surface area contributed by atoms with Gasteiger partial charge in [0.2, 0.25) is 0 Å². The molecule has 0 aliphatic carbocycles. The Balaban J connectivity index is 1.66. The molecule has 0 fully saturated rings. The number of rotatable bonds is 2. The van der Waals surface area contributed by atoms with Crippen LogP contribution in [0.4, 0.5) is 5.13 Å². The number of anilines is 1. The first-order valence-electron chi connectivity index (χ1n) is 6.56. The van der Waals surface area contributed by atoms with Crippen LogP contribution in [0, 0.1) is 0 Å². The van der Waals surface area contributed by atoms with Crippen molar-refractivity contribution in [1.82, 2.24) is 4.98 Å². The number of furan rings is 1. The van der Waals surface area contributed by atoms with E-state index >= 15 is 0 Å². The number of para-hydroxylation sites is 1. The zero-order chi connectivity index (χ0) is 15.1. The SMILES string of the molecule is O=C(Nc1nc2ccccc2s1)c1cc2c(Br)cccc2o1. The lowest BCUT2D eigenvalue weighted by Crippen LogP contribution is -2.10. The summed E-state index contributed by atoms with van der Waals surface area (Å²) in [5.41, 5.74) is 1.54. The molecule has 0 radical (unpaired) electrons. The molecule has 0 saturated carbocycles. The van der Waals surface area contributed by atoms with E-state index in [1.807, 2.05) is 42.5 Å². The van der Waals surface area contributed by atoms with Crippen LogP contribution in [-0.4, -0.2) is 10.9 Å². The summed E-state index contributed by atoms with van der Waals surface area (Å²) >= 11 is 4.88. The van der Waals surface area contributed by atoms with Crippen molar-refractivity contribution >= 4 is 59.5 Å². The van der Waals surface area contributed by atoms with Crippen molar-refractivity contribution in [2.75, 3.05) is 5.32 Å². The molecule has 0 aliphatic heterocycles. The van der Waals surface area contributed by atoms with E-state index in [9.17, 15) is 4.79 Å². The van der Waals surface area contributed by atoms with Crippen LogP contribution in [-0.2, 0) is 0 Å². The van der Waals surface area contributed by atoms with E-state index in [0.29, 0.717) is 10.7 Å². The second kappa shape index (κ2) is 5.23. The number of carbonyl (C=O) groups is 1. The highest BCUT2D eigenvalue weighted by molar-refractivity contribution is 9.10. The second-order valence-electron chi connectivity index (χ2n) is 4.70. The van der Waals surface area contributed by atoms with E-state index in [-0.39, 0.29) is 11.7 Å². The van der Waals surface area contributed by atoms with Crippen molar-refractivity contribution in [2.45, 2.75) is 0 Å². The number of amides is 1. The fourth-order valence-corrected chi connectivity index (χ4v) is 3.54. The topological polar surface area (TPSA) is 55.1 Å². The molecule has 0 unspecified atom stereocenters. The Morgan fingerprint density at radius 3 is 2.86 bits per heavy atom. The van der Waals surface area contributed by atoms with Gasteiger partial charge in [-0.1, -0.05) is 45.5 Å². The maximum atomic E-state index is 12.3. The van der Waals surface area contributed by atoms with E-state index in [2.05, 4.69) is 26.2 Å². The Hall–Kier alpha value is -2.18. The van der Waals surface area contributed by atoms with Gasteiger partial charge in [0.1, 0.15) is 5.58 Å². The van der Waals surface area contributed by atoms with E-state index in [1.54, 1.807) is 6.07 Å². The van der Waals surface area contributed by atoms with Crippen LogP contribution in [0.5, 0.6) is 0 Å². The first-order chi connectivity index (χ1) is 10.7. The van der Waals surface area contributed by atoms with Crippen LogP contribution in [0.15, 0.2) is 57.4 Å². The summed E-state index contributed by atoms with van der Waals surface area (Å²) in [6.45, 7) is 0. The number of fused-ring (bicyclic) bond motifs is 2. The van der Waals surface area contributed by atoms with Crippen molar-refractivity contribution in [3.63, 3.8) is 0 Å². The first-order valence-corrected chi connectivity index (χ1v) is 8.17. The molecule has 4 rings (SSSR count). The Morgan fingerprint density at radius 2 is 2.05 bits per heavy atom. The minimum absolute atomic E-state index is 0.265. The molecule has 0 spiro atoms. The van der Waals surface area contributed by atoms with Gasteiger partial charge >= 0.3 is 0 Å². The highest BCUT2D eigenvalue weighted by Crippen LogP contribution is 2.29. The van der Waals surface area contributed by atoms with Gasteiger partial charge in [-0.3, -0.25) is 10.1 Å². The minimum Gasteiger partial charge on any atom is -0.451 e. The molecule has 0 bridgehead atoms. The zero-order valence-corrected chi connectivity index (χ0v) is 13.6. The van der Waals surface area contributed by atoms with Crippen LogP contribution in [0.25, 0.3) is 21.2 Å². The minimum atomic E-state index is -0.304. The van der Waals surface area contributed by atoms with Crippen LogP contribution in [0.1, 0.15) is 10.6 Å². The van der Waals surface area contributed by atoms with Gasteiger partial charge in [-0.25, -0.2) is 4.98 Å². The van der Waals surface area contributed by atoms with Crippen molar-refractivity contribution in [1.29, 1.82) is 0 Å². The Morgan fingerprint density at radius 1 is 1.18 bits per heavy atom. The standard InChI is InChI=1S/C16H9BrN2O2S/c17-10-4-3-6-12-9(10)8-13(21-12)15(20)19-16-18-11-5-1-2-7-14(11)22-16/h1-8H,(H,18,19,20). The quantitative estimate of drug-likeness (QED) is 0.535. The summed E-state index contributed by atoms with van der Waals surface area (Å²) < 4.78 is 7.52. The lowest BCUT2D eigenvalue weighted by Gasteiger charge is -1.96. The number of hydrogen-bond donors (Lipinski definition) is 1. The molecule has 2 aromatic carbocycles. The van der Waals surface area contributed by atoms with Gasteiger partial charge in [-0.15, -0.1) is 0 Å². The Labute approximate surface area is 137 Å². The van der Waals surface area contributed by atoms with Gasteiger partial charge in [0.05, 0.1) is 10.2 Å². The summed E-state index contributed by atoms with van der Waals surface area (Å²) in [7, 11) is 0. The molecular formula is C16H9BrN2O2S. The third-order valence-corrected chi connectivity index (χ3v) is 4.89. The largest absolute Gasteiger partial charge is 0.451 e. The fourth-order valence-electron chi connectivity index (χ4n) is 2.22. The van der Waals surface area contributed by atoms with E-state index in [4.69, 9.17) is 4.42 Å². The number of thiazole rings is 1. The lowest BCUT2D eigenvalue weighted by molar-refractivity contribution is 0.0998. The third kappa shape index (κ3) is 2.30. The van der Waals surface area contributed by atoms with Crippen molar-refractivity contribution in [2.24, 2.45) is 0 Å². The summed E-state index contributed by atoms with van der Waals surface area (Å²) in [6.07, 6.45) is 0. The van der Waals surface area contributed by atoms with E-state index in [0.717, 1.165) is 20.1 Å². The molecule has 0 aliphatic rings. The molecule has 108 valence electrons. The number of nitrogens with zero attached hydrogens (tertiary/aromatic N) is 1. The molecule has 22 heavy (non-hydrogen) atoms. The Bertz CT molecular complexity index is 973. The normalized spacial score (nSPS) is 11.1. The molecule has 2 aromatic heterocycles. The summed E-state index contributed by atoms with van der Waals surface area (Å²) in [5, 5.41) is 4.22. The Kier molecular flexibility index (Phi) is 3.20. The number of carbonyl (C=O) groups excluding carboxylic acids is 1. The predicted octanol–water partition coefficient (Wildman–Crippen LogP) is 5.06. The average Bonchev–Trinajstić information content (AvgIpc) is 3.10. The zero-order valence-electron chi connectivity index (χ0n) is 11.2. The molecule has 0 saturated heterocycles. The number of halogens is 1. The van der Waals surface area contributed by atoms with Crippen molar-refractivity contribution in [3.05, 3.63) is 58.8 Å². The van der Waals surface area contributed by atoms with Crippen molar-refractivity contribution in [3.8, 4) is 0 Å². The van der Waals surface area contributed by atoms with Gasteiger partial charge in [-0.2, -0.15) is 0 Å². The number of aromatic nitrogens is 1. The first kappa shape index (κ1) is 13.5. The van der Waals surface area contributed by atoms with E-state index in [1.165, 1.54) is 11.3 Å². The van der Waals surface area contributed by atoms with E-state index < -0.39 is 0 Å². The molecule has 1 amide bonds. The smallest absolute Gasteiger partial charge is 0.293 e. The number of hydrogen-bond acceptors (Lipinski definition) is 4. The maximum Gasteiger partial charge on any atom is 0.293 e. The molecule has 0 atom stereocenters. The number of nitrogens with one attached hydrogen (secondary N) is 1. The summed E-state index contributed by atoms with van der Waals surface area (Å²) in [4.78, 5) is 16.7. The lowest BCUT2D eigenvalue weighted by atomic mass is 10.2. The second-order valence-corrected chi connectivity index (χ2v) is 6.59. The number of benzene rings is 2. The highest BCUT2D eigenvalue weighted by atomic mass is 79.9. The van der Waals surface area contributed by atoms with Gasteiger partial charge in [-0.05, 0) is 30.3 Å². The molecule has 4 aromatic rings. The molecule has 4 nitrogen and oxygen atoms in total. The van der Waals surface area contributed by atoms with Crippen LogP contribution in [0.3, 0.4) is 0 Å². The molecule has 1 N–H and O–H groups in total. The molecular weight excluding hydrogens is 364 g/mol. The monoisotopic (exact) mass is 372 g/mol. The maximum absolute atomic E-state index is 12.3. The highest BCUT2D eigenvalue weighted by Gasteiger charge is 2.15. The van der Waals surface area contributed by atoms with Crippen LogP contribution < -0.4 is 5.32 Å². The van der Waals surface area contributed by atoms with Crippen LogP contribution in [0.2, 0.25) is 0 Å². The van der Waals surface area contributed by atoms with Gasteiger partial charge in [0.15, 0.2) is 10.9 Å². The van der Waals surface area contributed by atoms with Crippen molar-refractivity contribution < 1.29 is 9.21 Å². The predicted molar refractivity (Wildman–Crippen MR) is 91.5 cm³/mol. The van der Waals surface area contributed by atoms with Gasteiger partial charge in [0.25, 0.3) is 5.91 Å². The average molecular weight is 373 g/mol.